The summed E-state index contributed by atoms with van der Waals surface area (Å²) in [5.74, 6) is -0.125. The lowest BCUT2D eigenvalue weighted by Crippen LogP contribution is -2.54. The van der Waals surface area contributed by atoms with Gasteiger partial charge in [0, 0.05) is 32.8 Å². The molecule has 0 bridgehead atoms. The molecule has 1 saturated heterocycles. The van der Waals surface area contributed by atoms with Crippen molar-refractivity contribution in [1.29, 1.82) is 0 Å². The summed E-state index contributed by atoms with van der Waals surface area (Å²) in [5, 5.41) is 19.3. The largest absolute Gasteiger partial charge is 0.490 e. The zero-order valence-electron chi connectivity index (χ0n) is 20.2. The molecule has 2 aliphatic rings. The van der Waals surface area contributed by atoms with Gasteiger partial charge in [-0.15, -0.1) is 0 Å². The van der Waals surface area contributed by atoms with Gasteiger partial charge in [-0.25, -0.2) is 0 Å². The number of hydrogen-bond donors (Lipinski definition) is 2. The number of hydrogen-bond acceptors (Lipinski definition) is 6. The molecule has 0 aromatic heterocycles. The molecule has 0 radical (unpaired) electrons. The van der Waals surface area contributed by atoms with Gasteiger partial charge in [-0.2, -0.15) is 0 Å². The molecule has 192 valence electrons. The molecule has 0 saturated carbocycles. The van der Waals surface area contributed by atoms with Crippen LogP contribution in [0.15, 0.2) is 65.1 Å². The summed E-state index contributed by atoms with van der Waals surface area (Å²) in [4.78, 5) is 25.5. The highest BCUT2D eigenvalue weighted by molar-refractivity contribution is 9.10. The summed E-state index contributed by atoms with van der Waals surface area (Å²) in [5.41, 5.74) is 1.16. The number of fused-ring (bicyclic) bond motifs is 2. The molecule has 4 atom stereocenters. The first-order valence-corrected chi connectivity index (χ1v) is 13.1. The van der Waals surface area contributed by atoms with E-state index in [1.807, 2.05) is 38.1 Å². The van der Waals surface area contributed by atoms with E-state index in [1.54, 1.807) is 36.4 Å². The van der Waals surface area contributed by atoms with Crippen molar-refractivity contribution < 1.29 is 19.2 Å². The quantitative estimate of drug-likeness (QED) is 0.274. The van der Waals surface area contributed by atoms with E-state index in [9.17, 15) is 14.9 Å². The Morgan fingerprint density at radius 2 is 1.86 bits per heavy atom. The molecule has 37 heavy (non-hydrogen) atoms. The van der Waals surface area contributed by atoms with Gasteiger partial charge in [-0.3, -0.25) is 20.2 Å². The number of rotatable bonds is 7. The predicted octanol–water partition coefficient (Wildman–Crippen LogP) is 5.65. The Morgan fingerprint density at radius 3 is 2.59 bits per heavy atom. The van der Waals surface area contributed by atoms with Crippen LogP contribution in [0.3, 0.4) is 0 Å². The number of halogens is 2. The van der Waals surface area contributed by atoms with Crippen molar-refractivity contribution >= 4 is 39.1 Å². The molecular weight excluding hydrogens is 562 g/mol. The summed E-state index contributed by atoms with van der Waals surface area (Å²) in [6, 6.07) is 16.4. The Hall–Kier alpha value is -3.14. The number of para-hydroxylation sites is 1. The van der Waals surface area contributed by atoms with E-state index in [1.165, 1.54) is 0 Å². The summed E-state index contributed by atoms with van der Waals surface area (Å²) in [7, 11) is 0. The van der Waals surface area contributed by atoms with Gasteiger partial charge in [0.1, 0.15) is 6.61 Å². The van der Waals surface area contributed by atoms with Gasteiger partial charge >= 0.3 is 0 Å². The van der Waals surface area contributed by atoms with Crippen molar-refractivity contribution in [2.75, 3.05) is 11.9 Å². The molecule has 2 aliphatic heterocycles. The monoisotopic (exact) mass is 585 g/mol. The summed E-state index contributed by atoms with van der Waals surface area (Å²) < 4.78 is 12.6. The standard InChI is InChI=1S/C27H25BrClN3O5/c1-3-36-22-13-17(12-19(28)24(22)37-14-16-8-4-6-10-20(16)29)23-15(2)31-27(25(23)32(34)35)18-9-5-7-11-21(18)30-26(27)33/h4-13,15,23,25,31H,3,14H2,1-2H3,(H,30,33)/t15-,23-,25-,27+/m0/s1. The van der Waals surface area contributed by atoms with Crippen LogP contribution in [-0.4, -0.2) is 29.5 Å². The fourth-order valence-electron chi connectivity index (χ4n) is 5.50. The smallest absolute Gasteiger partial charge is 0.256 e. The summed E-state index contributed by atoms with van der Waals surface area (Å²) >= 11 is 9.87. The number of nitrogens with one attached hydrogen (secondary N) is 2. The molecule has 0 unspecified atom stereocenters. The van der Waals surface area contributed by atoms with Crippen LogP contribution in [0.25, 0.3) is 0 Å². The fourth-order valence-corrected chi connectivity index (χ4v) is 6.27. The van der Waals surface area contributed by atoms with Gasteiger partial charge in [-0.1, -0.05) is 48.0 Å². The van der Waals surface area contributed by atoms with E-state index in [0.29, 0.717) is 44.4 Å². The highest BCUT2D eigenvalue weighted by Crippen LogP contribution is 2.51. The predicted molar refractivity (Wildman–Crippen MR) is 144 cm³/mol. The van der Waals surface area contributed by atoms with E-state index in [2.05, 4.69) is 26.6 Å². The number of carbonyl (C=O) groups excluding carboxylic acids is 1. The zero-order chi connectivity index (χ0) is 26.3. The minimum atomic E-state index is -1.48. The maximum Gasteiger partial charge on any atom is 0.256 e. The molecule has 1 spiro atoms. The highest BCUT2D eigenvalue weighted by atomic mass is 79.9. The van der Waals surface area contributed by atoms with E-state index in [4.69, 9.17) is 21.1 Å². The third-order valence-electron chi connectivity index (χ3n) is 7.01. The van der Waals surface area contributed by atoms with Crippen LogP contribution in [-0.2, 0) is 16.9 Å². The van der Waals surface area contributed by atoms with Gasteiger partial charge < -0.3 is 14.8 Å². The van der Waals surface area contributed by atoms with Crippen molar-refractivity contribution in [3.05, 3.63) is 97.0 Å². The molecule has 1 fully saturated rings. The number of ether oxygens (including phenoxy) is 2. The highest BCUT2D eigenvalue weighted by Gasteiger charge is 2.67. The van der Waals surface area contributed by atoms with Crippen LogP contribution in [0.4, 0.5) is 5.69 Å². The van der Waals surface area contributed by atoms with E-state index in [-0.39, 0.29) is 17.6 Å². The van der Waals surface area contributed by atoms with Gasteiger partial charge in [0.05, 0.1) is 17.0 Å². The Kier molecular flexibility index (Phi) is 6.87. The molecule has 3 aromatic rings. The molecule has 0 aliphatic carbocycles. The maximum atomic E-state index is 13.3. The minimum Gasteiger partial charge on any atom is -0.490 e. The number of amides is 1. The number of carbonyl (C=O) groups is 1. The Labute approximate surface area is 227 Å². The molecule has 2 N–H and O–H groups in total. The third kappa shape index (κ3) is 4.24. The van der Waals surface area contributed by atoms with Gasteiger partial charge in [0.15, 0.2) is 17.0 Å². The lowest BCUT2D eigenvalue weighted by atomic mass is 9.78. The Balaban J connectivity index is 1.55. The van der Waals surface area contributed by atoms with Crippen LogP contribution in [0.2, 0.25) is 5.02 Å². The molecule has 3 aromatic carbocycles. The summed E-state index contributed by atoms with van der Waals surface area (Å²) in [6.45, 7) is 4.30. The maximum absolute atomic E-state index is 13.3. The second-order valence-corrected chi connectivity index (χ2v) is 10.4. The molecule has 8 nitrogen and oxygen atoms in total. The van der Waals surface area contributed by atoms with Crippen LogP contribution in [0.1, 0.15) is 36.5 Å². The molecule has 1 amide bonds. The first-order chi connectivity index (χ1) is 17.8. The van der Waals surface area contributed by atoms with Crippen molar-refractivity contribution in [3.8, 4) is 11.5 Å². The topological polar surface area (TPSA) is 103 Å². The van der Waals surface area contributed by atoms with E-state index < -0.39 is 23.4 Å². The zero-order valence-corrected chi connectivity index (χ0v) is 22.5. The van der Waals surface area contributed by atoms with Crippen LogP contribution >= 0.6 is 27.5 Å². The minimum absolute atomic E-state index is 0.219. The second-order valence-electron chi connectivity index (χ2n) is 9.14. The second kappa shape index (κ2) is 9.96. The van der Waals surface area contributed by atoms with E-state index >= 15 is 0 Å². The number of anilines is 1. The van der Waals surface area contributed by atoms with Crippen molar-refractivity contribution in [2.45, 2.75) is 44.0 Å². The SMILES string of the molecule is CCOc1cc([C@@H]2[C@H](C)N[C@@]3(C(=O)Nc4ccccc43)[C@H]2[N+](=O)[O-])cc(Br)c1OCc1ccccc1Cl. The molecule has 10 heteroatoms. The first kappa shape index (κ1) is 25.5. The Bertz CT molecular complexity index is 1390. The van der Waals surface area contributed by atoms with Gasteiger partial charge in [-0.05, 0) is 59.6 Å². The van der Waals surface area contributed by atoms with Crippen LogP contribution < -0.4 is 20.1 Å². The number of nitrogens with zero attached hydrogens (tertiary/aromatic N) is 1. The molecular formula is C27H25BrClN3O5. The fraction of sp³-hybridized carbons (Fsp3) is 0.296. The van der Waals surface area contributed by atoms with E-state index in [0.717, 1.165) is 5.56 Å². The van der Waals surface area contributed by atoms with Gasteiger partial charge in [0.25, 0.3) is 11.9 Å². The lowest BCUT2D eigenvalue weighted by Gasteiger charge is -2.26. The van der Waals surface area contributed by atoms with Crippen LogP contribution in [0, 0.1) is 10.1 Å². The van der Waals surface area contributed by atoms with Crippen molar-refractivity contribution in [3.63, 3.8) is 0 Å². The van der Waals surface area contributed by atoms with Crippen molar-refractivity contribution in [1.82, 2.24) is 5.32 Å². The number of benzene rings is 3. The normalized spacial score (nSPS) is 24.1. The molecule has 5 rings (SSSR count). The molecule has 2 heterocycles. The Morgan fingerprint density at radius 1 is 1.14 bits per heavy atom. The third-order valence-corrected chi connectivity index (χ3v) is 7.97. The average molecular weight is 587 g/mol. The number of nitro groups is 1. The van der Waals surface area contributed by atoms with Gasteiger partial charge in [0.2, 0.25) is 0 Å². The van der Waals surface area contributed by atoms with Crippen molar-refractivity contribution in [2.24, 2.45) is 0 Å². The average Bonchev–Trinajstić information content (AvgIpc) is 3.33. The summed E-state index contributed by atoms with van der Waals surface area (Å²) in [6.07, 6.45) is 0. The lowest BCUT2D eigenvalue weighted by molar-refractivity contribution is -0.532. The van der Waals surface area contributed by atoms with Crippen LogP contribution in [0.5, 0.6) is 11.5 Å². The first-order valence-electron chi connectivity index (χ1n) is 11.9.